The molecule has 0 fully saturated rings. The van der Waals surface area contributed by atoms with Gasteiger partial charge in [0.1, 0.15) is 0 Å². The van der Waals surface area contributed by atoms with Crippen molar-refractivity contribution < 1.29 is 9.53 Å². The Morgan fingerprint density at radius 1 is 1.09 bits per heavy atom. The van der Waals surface area contributed by atoms with Crippen molar-refractivity contribution >= 4 is 23.3 Å². The second-order valence-electron chi connectivity index (χ2n) is 5.19. The minimum atomic E-state index is -0.331. The average molecular weight is 326 g/mol. The molecule has 3 rings (SSSR count). The number of rotatable bonds is 3. The summed E-state index contributed by atoms with van der Waals surface area (Å²) in [7, 11) is 1.40. The Bertz CT molecular complexity index is 751. The number of nitrogens with zero attached hydrogens (tertiary/aromatic N) is 1. The highest BCUT2D eigenvalue weighted by molar-refractivity contribution is 6.30. The number of benzene rings is 2. The first-order chi connectivity index (χ1) is 11.2. The summed E-state index contributed by atoms with van der Waals surface area (Å²) < 4.78 is 4.96. The topological polar surface area (TPSA) is 29.5 Å². The highest BCUT2D eigenvalue weighted by atomic mass is 35.5. The number of halogens is 1. The first kappa shape index (κ1) is 15.4. The number of hydrogen-bond donors (Lipinski definition) is 0. The Balaban J connectivity index is 1.97. The van der Waals surface area contributed by atoms with E-state index in [9.17, 15) is 4.79 Å². The molecule has 0 amide bonds. The number of methoxy groups -OCH3 is 1. The van der Waals surface area contributed by atoms with Crippen LogP contribution in [-0.2, 0) is 9.53 Å². The van der Waals surface area contributed by atoms with Gasteiger partial charge >= 0.3 is 5.97 Å². The Hall–Kier alpha value is -2.52. The van der Waals surface area contributed by atoms with Gasteiger partial charge in [-0.3, -0.25) is 0 Å². The van der Waals surface area contributed by atoms with Crippen LogP contribution < -0.4 is 4.90 Å². The number of allylic oxidation sites excluding steroid dienone is 1. The van der Waals surface area contributed by atoms with Crippen LogP contribution in [0.3, 0.4) is 0 Å². The molecule has 2 aromatic rings. The fraction of sp³-hybridized carbons (Fsp3) is 0.105. The summed E-state index contributed by atoms with van der Waals surface area (Å²) in [6.07, 6.45) is 5.76. The lowest BCUT2D eigenvalue weighted by molar-refractivity contribution is -0.136. The van der Waals surface area contributed by atoms with Gasteiger partial charge in [-0.25, -0.2) is 4.79 Å². The molecule has 23 heavy (non-hydrogen) atoms. The molecule has 1 aliphatic heterocycles. The molecule has 0 saturated heterocycles. The van der Waals surface area contributed by atoms with Gasteiger partial charge in [0.2, 0.25) is 0 Å². The summed E-state index contributed by atoms with van der Waals surface area (Å²) in [5.74, 6) is -0.450. The molecular weight excluding hydrogens is 310 g/mol. The van der Waals surface area contributed by atoms with Crippen LogP contribution in [0.4, 0.5) is 5.69 Å². The number of ether oxygens (including phenoxy) is 1. The summed E-state index contributed by atoms with van der Waals surface area (Å²) in [6.45, 7) is 0. The number of hydrogen-bond acceptors (Lipinski definition) is 3. The van der Waals surface area contributed by atoms with Crippen molar-refractivity contribution in [2.24, 2.45) is 0 Å². The summed E-state index contributed by atoms with van der Waals surface area (Å²) in [4.78, 5) is 14.1. The van der Waals surface area contributed by atoms with Gasteiger partial charge in [0.15, 0.2) is 0 Å². The van der Waals surface area contributed by atoms with Crippen LogP contribution in [0.2, 0.25) is 5.02 Å². The van der Waals surface area contributed by atoms with Crippen LogP contribution in [0.1, 0.15) is 11.5 Å². The summed E-state index contributed by atoms with van der Waals surface area (Å²) in [5.41, 5.74) is 2.57. The number of carbonyl (C=O) groups excluding carboxylic acids is 1. The number of carbonyl (C=O) groups is 1. The second-order valence-corrected chi connectivity index (χ2v) is 5.63. The SMILES string of the molecule is COC(=O)C1=CN(c2ccc(Cl)cc2)C=CC1c1ccccc1. The van der Waals surface area contributed by atoms with E-state index in [4.69, 9.17) is 16.3 Å². The van der Waals surface area contributed by atoms with Crippen LogP contribution in [0, 0.1) is 0 Å². The zero-order chi connectivity index (χ0) is 16.2. The van der Waals surface area contributed by atoms with Gasteiger partial charge in [-0.05, 0) is 29.8 Å². The third-order valence-electron chi connectivity index (χ3n) is 3.76. The van der Waals surface area contributed by atoms with E-state index in [-0.39, 0.29) is 11.9 Å². The van der Waals surface area contributed by atoms with Gasteiger partial charge < -0.3 is 9.64 Å². The zero-order valence-corrected chi connectivity index (χ0v) is 13.4. The van der Waals surface area contributed by atoms with Crippen molar-refractivity contribution in [1.29, 1.82) is 0 Å². The second kappa shape index (κ2) is 6.71. The predicted molar refractivity (Wildman–Crippen MR) is 92.4 cm³/mol. The predicted octanol–water partition coefficient (Wildman–Crippen LogP) is 4.51. The molecule has 0 spiro atoms. The van der Waals surface area contributed by atoms with E-state index >= 15 is 0 Å². The Morgan fingerprint density at radius 3 is 2.43 bits per heavy atom. The van der Waals surface area contributed by atoms with E-state index < -0.39 is 0 Å². The Kier molecular flexibility index (Phi) is 4.49. The van der Waals surface area contributed by atoms with Gasteiger partial charge in [-0.2, -0.15) is 0 Å². The van der Waals surface area contributed by atoms with E-state index in [2.05, 4.69) is 0 Å². The van der Waals surface area contributed by atoms with E-state index in [0.717, 1.165) is 11.3 Å². The van der Waals surface area contributed by atoms with E-state index in [0.29, 0.717) is 10.6 Å². The molecule has 0 bridgehead atoms. The fourth-order valence-electron chi connectivity index (χ4n) is 2.58. The van der Waals surface area contributed by atoms with Gasteiger partial charge in [0.05, 0.1) is 12.7 Å². The Labute approximate surface area is 140 Å². The molecule has 0 aromatic heterocycles. The summed E-state index contributed by atoms with van der Waals surface area (Å²) in [6, 6.07) is 17.3. The molecule has 1 heterocycles. The van der Waals surface area contributed by atoms with Crippen molar-refractivity contribution in [3.05, 3.63) is 89.2 Å². The van der Waals surface area contributed by atoms with Crippen molar-refractivity contribution in [1.82, 2.24) is 0 Å². The molecule has 1 unspecified atom stereocenters. The van der Waals surface area contributed by atoms with Crippen molar-refractivity contribution in [3.63, 3.8) is 0 Å². The maximum atomic E-state index is 12.2. The van der Waals surface area contributed by atoms with Gasteiger partial charge in [0, 0.05) is 29.0 Å². The highest BCUT2D eigenvalue weighted by Crippen LogP contribution is 2.32. The molecule has 0 N–H and O–H groups in total. The fourth-order valence-corrected chi connectivity index (χ4v) is 2.70. The number of anilines is 1. The first-order valence-electron chi connectivity index (χ1n) is 7.26. The van der Waals surface area contributed by atoms with E-state index in [1.807, 2.05) is 78.0 Å². The van der Waals surface area contributed by atoms with Crippen LogP contribution in [-0.4, -0.2) is 13.1 Å². The van der Waals surface area contributed by atoms with Crippen LogP contribution in [0.5, 0.6) is 0 Å². The summed E-state index contributed by atoms with van der Waals surface area (Å²) >= 11 is 5.93. The third-order valence-corrected chi connectivity index (χ3v) is 4.01. The first-order valence-corrected chi connectivity index (χ1v) is 7.64. The van der Waals surface area contributed by atoms with Crippen LogP contribution in [0.15, 0.2) is 78.6 Å². The molecule has 0 saturated carbocycles. The minimum absolute atomic E-state index is 0.118. The third kappa shape index (κ3) is 3.30. The van der Waals surface area contributed by atoms with E-state index in [1.54, 1.807) is 0 Å². The van der Waals surface area contributed by atoms with Crippen molar-refractivity contribution in [2.45, 2.75) is 5.92 Å². The molecule has 0 aliphatic carbocycles. The smallest absolute Gasteiger partial charge is 0.336 e. The van der Waals surface area contributed by atoms with Gasteiger partial charge in [-0.1, -0.05) is 48.0 Å². The summed E-state index contributed by atoms with van der Waals surface area (Å²) in [5, 5.41) is 0.675. The highest BCUT2D eigenvalue weighted by Gasteiger charge is 2.25. The van der Waals surface area contributed by atoms with Crippen LogP contribution in [0.25, 0.3) is 0 Å². The maximum absolute atomic E-state index is 12.2. The quantitative estimate of drug-likeness (QED) is 0.777. The van der Waals surface area contributed by atoms with Crippen molar-refractivity contribution in [2.75, 3.05) is 12.0 Å². The minimum Gasteiger partial charge on any atom is -0.466 e. The van der Waals surface area contributed by atoms with Gasteiger partial charge in [0.25, 0.3) is 0 Å². The van der Waals surface area contributed by atoms with Crippen molar-refractivity contribution in [3.8, 4) is 0 Å². The maximum Gasteiger partial charge on any atom is 0.336 e. The molecule has 116 valence electrons. The molecule has 4 heteroatoms. The molecular formula is C19H16ClNO2. The largest absolute Gasteiger partial charge is 0.466 e. The monoisotopic (exact) mass is 325 g/mol. The van der Waals surface area contributed by atoms with E-state index in [1.165, 1.54) is 7.11 Å². The molecule has 1 atom stereocenters. The molecule has 2 aromatic carbocycles. The normalized spacial score (nSPS) is 16.9. The van der Waals surface area contributed by atoms with Gasteiger partial charge in [-0.15, -0.1) is 0 Å². The average Bonchev–Trinajstić information content (AvgIpc) is 2.62. The lowest BCUT2D eigenvalue weighted by Gasteiger charge is -2.26. The molecule has 0 radical (unpaired) electrons. The Morgan fingerprint density at radius 2 is 1.78 bits per heavy atom. The standard InChI is InChI=1S/C19H16ClNO2/c1-23-19(22)18-13-21(16-9-7-15(20)8-10-16)12-11-17(18)14-5-3-2-4-6-14/h2-13,17H,1H3. The van der Waals surface area contributed by atoms with Crippen LogP contribution >= 0.6 is 11.6 Å². The molecule has 3 nitrogen and oxygen atoms in total. The zero-order valence-electron chi connectivity index (χ0n) is 12.6. The molecule has 1 aliphatic rings. The lowest BCUT2D eigenvalue weighted by Crippen LogP contribution is -2.21. The lowest BCUT2D eigenvalue weighted by atomic mass is 9.90. The number of esters is 1.